The van der Waals surface area contributed by atoms with Gasteiger partial charge in [0.2, 0.25) is 5.91 Å². The minimum Gasteiger partial charge on any atom is -0.346 e. The molecule has 2 aromatic carbocycles. The number of para-hydroxylation sites is 1. The fourth-order valence-electron chi connectivity index (χ4n) is 3.08. The van der Waals surface area contributed by atoms with E-state index in [0.29, 0.717) is 16.1 Å². The van der Waals surface area contributed by atoms with Crippen molar-refractivity contribution in [2.24, 2.45) is 0 Å². The summed E-state index contributed by atoms with van der Waals surface area (Å²) in [5, 5.41) is 5.50. The van der Waals surface area contributed by atoms with Gasteiger partial charge in [-0.1, -0.05) is 37.3 Å². The fourth-order valence-corrected chi connectivity index (χ4v) is 4.51. The zero-order valence-corrected chi connectivity index (χ0v) is 18.3. The molecule has 0 spiro atoms. The van der Waals surface area contributed by atoms with Crippen LogP contribution in [0.25, 0.3) is 0 Å². The molecule has 0 radical (unpaired) electrons. The second kappa shape index (κ2) is 9.99. The van der Waals surface area contributed by atoms with Crippen LogP contribution in [0.15, 0.2) is 53.9 Å². The number of amides is 1. The Morgan fingerprint density at radius 3 is 2.68 bits per heavy atom. The third kappa shape index (κ3) is 6.84. The third-order valence-corrected chi connectivity index (χ3v) is 5.98. The highest BCUT2D eigenvalue weighted by Crippen LogP contribution is 2.27. The molecule has 1 amide bonds. The van der Waals surface area contributed by atoms with Gasteiger partial charge in [-0.25, -0.2) is 9.37 Å². The van der Waals surface area contributed by atoms with Gasteiger partial charge in [-0.3, -0.25) is 14.1 Å². The first-order valence-electron chi connectivity index (χ1n) is 9.54. The molecular formula is C21H22FN3O4S2. The van der Waals surface area contributed by atoms with Gasteiger partial charge < -0.3 is 5.32 Å². The normalized spacial score (nSPS) is 12.4. The van der Waals surface area contributed by atoms with Gasteiger partial charge in [-0.2, -0.15) is 8.42 Å². The van der Waals surface area contributed by atoms with Crippen LogP contribution in [0.3, 0.4) is 0 Å². The van der Waals surface area contributed by atoms with Crippen molar-refractivity contribution in [2.75, 3.05) is 4.72 Å². The molecule has 0 fully saturated rings. The average Bonchev–Trinajstić information content (AvgIpc) is 3.17. The molecule has 1 unspecified atom stereocenters. The van der Waals surface area contributed by atoms with E-state index in [1.807, 2.05) is 12.3 Å². The Morgan fingerprint density at radius 1 is 1.23 bits per heavy atom. The molecule has 0 aliphatic carbocycles. The lowest BCUT2D eigenvalue weighted by Crippen LogP contribution is -2.31. The number of hydrogen-bond donors (Lipinski definition) is 3. The van der Waals surface area contributed by atoms with Gasteiger partial charge in [0, 0.05) is 11.8 Å². The number of halogens is 1. The van der Waals surface area contributed by atoms with Crippen molar-refractivity contribution in [1.82, 2.24) is 10.3 Å². The van der Waals surface area contributed by atoms with Crippen LogP contribution >= 0.6 is 11.3 Å². The zero-order chi connectivity index (χ0) is 22.4. The summed E-state index contributed by atoms with van der Waals surface area (Å²) >= 11 is 1.40. The number of nitrogens with zero attached hydrogens (tertiary/aromatic N) is 1. The molecule has 164 valence electrons. The van der Waals surface area contributed by atoms with E-state index in [1.165, 1.54) is 29.5 Å². The molecule has 31 heavy (non-hydrogen) atoms. The lowest BCUT2D eigenvalue weighted by atomic mass is 10.0. The highest BCUT2D eigenvalue weighted by Gasteiger charge is 2.21. The molecule has 3 rings (SSSR count). The number of thiazole rings is 1. The van der Waals surface area contributed by atoms with Crippen molar-refractivity contribution in [2.45, 2.75) is 32.2 Å². The maximum Gasteiger partial charge on any atom is 0.357 e. The summed E-state index contributed by atoms with van der Waals surface area (Å²) in [6.45, 7) is 1.97. The summed E-state index contributed by atoms with van der Waals surface area (Å²) in [5.41, 5.74) is 2.21. The van der Waals surface area contributed by atoms with Crippen LogP contribution in [0.4, 0.5) is 10.1 Å². The summed E-state index contributed by atoms with van der Waals surface area (Å²) in [6.07, 6.45) is 0.969. The van der Waals surface area contributed by atoms with Crippen LogP contribution in [0.1, 0.15) is 34.8 Å². The predicted octanol–water partition coefficient (Wildman–Crippen LogP) is 3.70. The molecule has 3 N–H and O–H groups in total. The van der Waals surface area contributed by atoms with Crippen LogP contribution in [0, 0.1) is 5.82 Å². The van der Waals surface area contributed by atoms with E-state index >= 15 is 0 Å². The van der Waals surface area contributed by atoms with Gasteiger partial charge in [0.15, 0.2) is 0 Å². The van der Waals surface area contributed by atoms with Gasteiger partial charge in [-0.05, 0) is 35.7 Å². The number of carbonyl (C=O) groups is 1. The highest BCUT2D eigenvalue weighted by atomic mass is 32.2. The fraction of sp³-hybridized carbons (Fsp3) is 0.238. The quantitative estimate of drug-likeness (QED) is 0.419. The number of rotatable bonds is 9. The maximum atomic E-state index is 13.4. The van der Waals surface area contributed by atoms with E-state index in [9.17, 15) is 17.6 Å². The molecule has 0 saturated heterocycles. The molecular weight excluding hydrogens is 441 g/mol. The van der Waals surface area contributed by atoms with Gasteiger partial charge in [0.05, 0.1) is 23.8 Å². The number of carbonyl (C=O) groups excluding carboxylic acids is 1. The van der Waals surface area contributed by atoms with Crippen molar-refractivity contribution in [1.29, 1.82) is 0 Å². The molecule has 1 atom stereocenters. The zero-order valence-electron chi connectivity index (χ0n) is 16.7. The standard InChI is InChI=1S/C21H22FN3O4S2/c1-2-17-13-30-21(23-17)19(24-20(26)11-14-6-5-8-16(22)10-14)12-15-7-3-4-9-18(15)25-31(27,28)29/h3-10,13,19,25H,2,11-12H2,1H3,(H,24,26)(H,27,28,29). The van der Waals surface area contributed by atoms with E-state index in [4.69, 9.17) is 4.55 Å². The van der Waals surface area contributed by atoms with Crippen molar-refractivity contribution < 1.29 is 22.2 Å². The van der Waals surface area contributed by atoms with E-state index < -0.39 is 22.2 Å². The van der Waals surface area contributed by atoms with E-state index in [-0.39, 0.29) is 24.4 Å². The lowest BCUT2D eigenvalue weighted by molar-refractivity contribution is -0.121. The third-order valence-electron chi connectivity index (χ3n) is 4.50. The van der Waals surface area contributed by atoms with Crippen LogP contribution < -0.4 is 10.0 Å². The number of hydrogen-bond acceptors (Lipinski definition) is 5. The molecule has 0 bridgehead atoms. The SMILES string of the molecule is CCc1csc(C(Cc2ccccc2NS(=O)(=O)O)NC(=O)Cc2cccc(F)c2)n1. The minimum absolute atomic E-state index is 0.00874. The Kier molecular flexibility index (Phi) is 7.37. The minimum atomic E-state index is -4.45. The summed E-state index contributed by atoms with van der Waals surface area (Å²) < 4.78 is 47.3. The molecule has 0 aliphatic heterocycles. The van der Waals surface area contributed by atoms with Gasteiger partial charge >= 0.3 is 10.3 Å². The van der Waals surface area contributed by atoms with Crippen LogP contribution in [-0.4, -0.2) is 23.9 Å². The first kappa shape index (κ1) is 22.9. The van der Waals surface area contributed by atoms with Crippen molar-refractivity contribution in [3.05, 3.63) is 81.6 Å². The smallest absolute Gasteiger partial charge is 0.346 e. The highest BCUT2D eigenvalue weighted by molar-refractivity contribution is 7.87. The Labute approximate surface area is 184 Å². The topological polar surface area (TPSA) is 108 Å². The maximum absolute atomic E-state index is 13.4. The molecule has 1 heterocycles. The first-order chi connectivity index (χ1) is 14.7. The Hall–Kier alpha value is -2.82. The molecule has 0 saturated carbocycles. The second-order valence-corrected chi connectivity index (χ2v) is 8.94. The Morgan fingerprint density at radius 2 is 2.00 bits per heavy atom. The van der Waals surface area contributed by atoms with E-state index in [1.54, 1.807) is 30.3 Å². The molecule has 0 aliphatic rings. The number of aryl methyl sites for hydroxylation is 1. The Balaban J connectivity index is 1.85. The lowest BCUT2D eigenvalue weighted by Gasteiger charge is -2.19. The number of nitrogens with one attached hydrogen (secondary N) is 2. The van der Waals surface area contributed by atoms with Crippen molar-refractivity contribution in [3.8, 4) is 0 Å². The van der Waals surface area contributed by atoms with Crippen LogP contribution in [-0.2, 0) is 34.4 Å². The summed E-state index contributed by atoms with van der Waals surface area (Å²) in [4.78, 5) is 17.2. The summed E-state index contributed by atoms with van der Waals surface area (Å²) in [7, 11) is -4.45. The number of benzene rings is 2. The number of aromatic nitrogens is 1. The van der Waals surface area contributed by atoms with Crippen LogP contribution in [0.2, 0.25) is 0 Å². The molecule has 1 aromatic heterocycles. The second-order valence-electron chi connectivity index (χ2n) is 6.90. The molecule has 3 aromatic rings. The van der Waals surface area contributed by atoms with Crippen molar-refractivity contribution in [3.63, 3.8) is 0 Å². The Bertz CT molecular complexity index is 1160. The van der Waals surface area contributed by atoms with Gasteiger partial charge in [0.25, 0.3) is 0 Å². The largest absolute Gasteiger partial charge is 0.357 e. The average molecular weight is 464 g/mol. The number of anilines is 1. The monoisotopic (exact) mass is 463 g/mol. The molecule has 10 heteroatoms. The predicted molar refractivity (Wildman–Crippen MR) is 118 cm³/mol. The van der Waals surface area contributed by atoms with Crippen molar-refractivity contribution >= 4 is 33.2 Å². The van der Waals surface area contributed by atoms with Crippen LogP contribution in [0.5, 0.6) is 0 Å². The summed E-state index contributed by atoms with van der Waals surface area (Å²) in [6, 6.07) is 11.9. The molecule has 7 nitrogen and oxygen atoms in total. The van der Waals surface area contributed by atoms with E-state index in [2.05, 4.69) is 15.0 Å². The van der Waals surface area contributed by atoms with Gasteiger partial charge in [0.1, 0.15) is 10.8 Å². The van der Waals surface area contributed by atoms with Gasteiger partial charge in [-0.15, -0.1) is 11.3 Å². The first-order valence-corrected chi connectivity index (χ1v) is 11.9. The van der Waals surface area contributed by atoms with E-state index in [0.717, 1.165) is 12.1 Å². The summed E-state index contributed by atoms with van der Waals surface area (Å²) in [5.74, 6) is -0.733.